The SMILES string of the molecule is O=C(CCS(=O)(=O)c1ccc(C(F)(F)F)cn1)NCc1ccccc1Cl. The van der Waals surface area contributed by atoms with Gasteiger partial charge in [-0.1, -0.05) is 29.8 Å². The molecule has 140 valence electrons. The fourth-order valence-corrected chi connectivity index (χ4v) is 3.34. The molecule has 0 radical (unpaired) electrons. The molecule has 1 N–H and O–H groups in total. The van der Waals surface area contributed by atoms with Crippen LogP contribution in [0.5, 0.6) is 0 Å². The monoisotopic (exact) mass is 406 g/mol. The molecule has 1 heterocycles. The Kier molecular flexibility index (Phi) is 6.25. The Bertz CT molecular complexity index is 884. The molecule has 0 fully saturated rings. The van der Waals surface area contributed by atoms with Crippen LogP contribution in [0.2, 0.25) is 5.02 Å². The number of pyridine rings is 1. The van der Waals surface area contributed by atoms with Crippen LogP contribution < -0.4 is 5.32 Å². The summed E-state index contributed by atoms with van der Waals surface area (Å²) in [6.45, 7) is 0.136. The van der Waals surface area contributed by atoms with E-state index in [9.17, 15) is 26.4 Å². The highest BCUT2D eigenvalue weighted by molar-refractivity contribution is 7.91. The second-order valence-corrected chi connectivity index (χ2v) is 7.78. The molecule has 1 amide bonds. The number of nitrogens with one attached hydrogen (secondary N) is 1. The minimum Gasteiger partial charge on any atom is -0.352 e. The predicted molar refractivity (Wildman–Crippen MR) is 89.2 cm³/mol. The van der Waals surface area contributed by atoms with Gasteiger partial charge in [-0.25, -0.2) is 13.4 Å². The Morgan fingerprint density at radius 2 is 1.85 bits per heavy atom. The summed E-state index contributed by atoms with van der Waals surface area (Å²) in [6.07, 6.45) is -4.51. The number of nitrogens with zero attached hydrogens (tertiary/aromatic N) is 1. The molecular formula is C16H14ClF3N2O3S. The normalized spacial score (nSPS) is 12.0. The standard InChI is InChI=1S/C16H14ClF3N2O3S/c17-13-4-2-1-3-11(13)9-21-14(23)7-8-26(24,25)15-6-5-12(10-22-15)16(18,19)20/h1-6,10H,7-9H2,(H,21,23). The van der Waals surface area contributed by atoms with Crippen molar-refractivity contribution in [3.05, 3.63) is 58.7 Å². The zero-order valence-corrected chi connectivity index (χ0v) is 14.8. The third kappa shape index (κ3) is 5.43. The molecule has 0 aliphatic heterocycles. The minimum absolute atomic E-state index is 0.136. The molecule has 0 unspecified atom stereocenters. The molecule has 2 rings (SSSR count). The van der Waals surface area contributed by atoms with Crippen molar-refractivity contribution in [2.75, 3.05) is 5.75 Å². The molecule has 0 aliphatic rings. The lowest BCUT2D eigenvalue weighted by molar-refractivity contribution is -0.137. The van der Waals surface area contributed by atoms with Crippen LogP contribution in [-0.4, -0.2) is 25.1 Å². The predicted octanol–water partition coefficient (Wildman–Crippen LogP) is 3.23. The van der Waals surface area contributed by atoms with Gasteiger partial charge in [0, 0.05) is 24.2 Å². The Balaban J connectivity index is 1.93. The van der Waals surface area contributed by atoms with Gasteiger partial charge in [0.15, 0.2) is 14.9 Å². The fourth-order valence-electron chi connectivity index (χ4n) is 1.99. The largest absolute Gasteiger partial charge is 0.417 e. The van der Waals surface area contributed by atoms with Gasteiger partial charge in [-0.2, -0.15) is 13.2 Å². The van der Waals surface area contributed by atoms with E-state index in [1.807, 2.05) is 0 Å². The van der Waals surface area contributed by atoms with Crippen molar-refractivity contribution in [1.82, 2.24) is 10.3 Å². The fraction of sp³-hybridized carbons (Fsp3) is 0.250. The Labute approximate surface area is 153 Å². The van der Waals surface area contributed by atoms with Crippen LogP contribution in [0, 0.1) is 0 Å². The van der Waals surface area contributed by atoms with Crippen molar-refractivity contribution in [2.45, 2.75) is 24.2 Å². The van der Waals surface area contributed by atoms with Gasteiger partial charge in [0.1, 0.15) is 0 Å². The molecule has 0 atom stereocenters. The van der Waals surface area contributed by atoms with E-state index in [1.165, 1.54) is 0 Å². The summed E-state index contributed by atoms with van der Waals surface area (Å²) in [6, 6.07) is 8.26. The van der Waals surface area contributed by atoms with E-state index in [4.69, 9.17) is 11.6 Å². The number of hydrogen-bond donors (Lipinski definition) is 1. The quantitative estimate of drug-likeness (QED) is 0.799. The molecule has 1 aromatic heterocycles. The summed E-state index contributed by atoms with van der Waals surface area (Å²) < 4.78 is 61.6. The van der Waals surface area contributed by atoms with Gasteiger partial charge in [0.05, 0.1) is 11.3 Å². The van der Waals surface area contributed by atoms with E-state index >= 15 is 0 Å². The van der Waals surface area contributed by atoms with Crippen molar-refractivity contribution in [3.63, 3.8) is 0 Å². The summed E-state index contributed by atoms with van der Waals surface area (Å²) in [4.78, 5) is 15.1. The number of amides is 1. The van der Waals surface area contributed by atoms with Crippen molar-refractivity contribution in [2.24, 2.45) is 0 Å². The molecule has 10 heteroatoms. The van der Waals surface area contributed by atoms with Gasteiger partial charge < -0.3 is 5.32 Å². The third-order valence-electron chi connectivity index (χ3n) is 3.41. The van der Waals surface area contributed by atoms with Crippen molar-refractivity contribution in [3.8, 4) is 0 Å². The number of carbonyl (C=O) groups is 1. The van der Waals surface area contributed by atoms with Gasteiger partial charge in [0.25, 0.3) is 0 Å². The second kappa shape index (κ2) is 8.05. The van der Waals surface area contributed by atoms with Crippen LogP contribution in [0.4, 0.5) is 13.2 Å². The van der Waals surface area contributed by atoms with Gasteiger partial charge in [-0.05, 0) is 23.8 Å². The van der Waals surface area contributed by atoms with E-state index in [0.717, 1.165) is 6.07 Å². The van der Waals surface area contributed by atoms with E-state index in [-0.39, 0.29) is 13.0 Å². The maximum atomic E-state index is 12.5. The molecule has 0 saturated carbocycles. The summed E-state index contributed by atoms with van der Waals surface area (Å²) in [5, 5.41) is 2.49. The van der Waals surface area contributed by atoms with Crippen molar-refractivity contribution in [1.29, 1.82) is 0 Å². The number of carbonyl (C=O) groups excluding carboxylic acids is 1. The lowest BCUT2D eigenvalue weighted by Crippen LogP contribution is -2.25. The molecule has 26 heavy (non-hydrogen) atoms. The number of benzene rings is 1. The average Bonchev–Trinajstić information content (AvgIpc) is 2.59. The third-order valence-corrected chi connectivity index (χ3v) is 5.40. The van der Waals surface area contributed by atoms with Crippen LogP contribution in [0.25, 0.3) is 0 Å². The van der Waals surface area contributed by atoms with E-state index < -0.39 is 38.3 Å². The molecule has 0 bridgehead atoms. The van der Waals surface area contributed by atoms with Gasteiger partial charge in [-0.3, -0.25) is 4.79 Å². The Hall–Kier alpha value is -2.13. The summed E-state index contributed by atoms with van der Waals surface area (Å²) in [7, 11) is -3.97. The number of hydrogen-bond acceptors (Lipinski definition) is 4. The number of halogens is 4. The first-order valence-electron chi connectivity index (χ1n) is 7.36. The lowest BCUT2D eigenvalue weighted by Gasteiger charge is -2.08. The van der Waals surface area contributed by atoms with Gasteiger partial charge >= 0.3 is 6.18 Å². The average molecular weight is 407 g/mol. The molecular weight excluding hydrogens is 393 g/mol. The smallest absolute Gasteiger partial charge is 0.352 e. The van der Waals surface area contributed by atoms with Crippen LogP contribution >= 0.6 is 11.6 Å². The first-order valence-corrected chi connectivity index (χ1v) is 9.39. The number of sulfone groups is 1. The molecule has 0 saturated heterocycles. The van der Waals surface area contributed by atoms with Gasteiger partial charge in [-0.15, -0.1) is 0 Å². The summed E-state index contributed by atoms with van der Waals surface area (Å²) in [5.41, 5.74) is -0.372. The Morgan fingerprint density at radius 3 is 2.42 bits per heavy atom. The summed E-state index contributed by atoms with van der Waals surface area (Å²) in [5.74, 6) is -1.10. The summed E-state index contributed by atoms with van der Waals surface area (Å²) >= 11 is 5.95. The molecule has 0 aliphatic carbocycles. The first-order chi connectivity index (χ1) is 12.1. The maximum Gasteiger partial charge on any atom is 0.417 e. The van der Waals surface area contributed by atoms with Crippen LogP contribution in [0.1, 0.15) is 17.5 Å². The molecule has 5 nitrogen and oxygen atoms in total. The van der Waals surface area contributed by atoms with Crippen molar-refractivity contribution < 1.29 is 26.4 Å². The lowest BCUT2D eigenvalue weighted by atomic mass is 10.2. The van der Waals surface area contributed by atoms with Crippen LogP contribution in [-0.2, 0) is 27.4 Å². The van der Waals surface area contributed by atoms with E-state index in [1.54, 1.807) is 24.3 Å². The van der Waals surface area contributed by atoms with Gasteiger partial charge in [0.2, 0.25) is 5.91 Å². The highest BCUT2D eigenvalue weighted by Gasteiger charge is 2.31. The number of aromatic nitrogens is 1. The topological polar surface area (TPSA) is 76.1 Å². The number of alkyl halides is 3. The second-order valence-electron chi connectivity index (χ2n) is 5.32. The van der Waals surface area contributed by atoms with E-state index in [2.05, 4.69) is 10.3 Å². The van der Waals surface area contributed by atoms with Crippen LogP contribution in [0.3, 0.4) is 0 Å². The van der Waals surface area contributed by atoms with Crippen LogP contribution in [0.15, 0.2) is 47.6 Å². The zero-order chi connectivity index (χ0) is 19.4. The van der Waals surface area contributed by atoms with Crippen molar-refractivity contribution >= 4 is 27.3 Å². The van der Waals surface area contributed by atoms with E-state index in [0.29, 0.717) is 22.8 Å². The maximum absolute atomic E-state index is 12.5. The Morgan fingerprint density at radius 1 is 1.15 bits per heavy atom. The minimum atomic E-state index is -4.60. The molecule has 2 aromatic rings. The molecule has 0 spiro atoms. The first kappa shape index (κ1) is 20.2. The number of rotatable bonds is 6. The molecule has 1 aromatic carbocycles. The highest BCUT2D eigenvalue weighted by atomic mass is 35.5. The highest BCUT2D eigenvalue weighted by Crippen LogP contribution is 2.28. The zero-order valence-electron chi connectivity index (χ0n) is 13.3.